The molecular weight excluding hydrogens is 358 g/mol. The van der Waals surface area contributed by atoms with Crippen LogP contribution in [0, 0.1) is 0 Å². The third-order valence-corrected chi connectivity index (χ3v) is 5.92. The number of rotatable bonds is 2. The normalized spacial score (nSPS) is 20.9. The molecule has 0 saturated heterocycles. The van der Waals surface area contributed by atoms with Gasteiger partial charge in [0.25, 0.3) is 0 Å². The van der Waals surface area contributed by atoms with Gasteiger partial charge in [-0.25, -0.2) is 0 Å². The minimum absolute atomic E-state index is 0. The maximum atomic E-state index is 2.41. The zero-order chi connectivity index (χ0) is 12.5. The van der Waals surface area contributed by atoms with Crippen LogP contribution in [0.5, 0.6) is 0 Å². The molecule has 0 N–H and O–H groups in total. The van der Waals surface area contributed by atoms with Gasteiger partial charge in [-0.2, -0.15) is 0 Å². The number of halogens is 3. The first-order chi connectivity index (χ1) is 8.77. The first-order valence-electron chi connectivity index (χ1n) is 6.95. The van der Waals surface area contributed by atoms with Crippen LogP contribution in [-0.4, -0.2) is 0 Å². The second-order valence-electron chi connectivity index (χ2n) is 5.60. The van der Waals surface area contributed by atoms with E-state index in [4.69, 9.17) is 0 Å². The van der Waals surface area contributed by atoms with Crippen LogP contribution in [0.3, 0.4) is 0 Å². The minimum atomic E-state index is 0. The Morgan fingerprint density at radius 2 is 1.29 bits per heavy atom. The van der Waals surface area contributed by atoms with E-state index in [2.05, 4.69) is 75.1 Å². The molecule has 112 valence electrons. The molecule has 21 heavy (non-hydrogen) atoms. The predicted octanol–water partition coefficient (Wildman–Crippen LogP) is -4.27. The summed E-state index contributed by atoms with van der Waals surface area (Å²) in [6.45, 7) is 0. The van der Waals surface area contributed by atoms with Crippen LogP contribution in [0.2, 0.25) is 3.72 Å². The van der Waals surface area contributed by atoms with Crippen LogP contribution in [-0.2, 0) is 25.9 Å². The molecule has 4 heteroatoms. The maximum absolute atomic E-state index is 2.41. The van der Waals surface area contributed by atoms with Gasteiger partial charge in [0.2, 0.25) is 0 Å². The first-order valence-corrected chi connectivity index (χ1v) is 7.73. The second kappa shape index (κ2) is 8.80. The Bertz CT molecular complexity index is 464. The summed E-state index contributed by atoms with van der Waals surface area (Å²) < 4.78 is 0.203. The Hall–Kier alpha value is 0.284. The molecule has 0 radical (unpaired) electrons. The molecule has 0 unspecified atom stereocenters. The fourth-order valence-electron chi connectivity index (χ4n) is 3.64. The van der Waals surface area contributed by atoms with Gasteiger partial charge in [0.15, 0.2) is 0 Å². The Kier molecular flexibility index (Phi) is 8.92. The second-order valence-corrected chi connectivity index (χ2v) is 6.89. The number of allylic oxidation sites excluding steroid dienone is 4. The molecule has 0 aliphatic heterocycles. The van der Waals surface area contributed by atoms with Crippen molar-refractivity contribution >= 4 is 0 Å². The molecular formula is C17H19Cl3Ti. The summed E-state index contributed by atoms with van der Waals surface area (Å²) in [4.78, 5) is 0. The topological polar surface area (TPSA) is 0 Å². The molecule has 1 aromatic carbocycles. The molecule has 1 saturated carbocycles. The third-order valence-electron chi connectivity index (χ3n) is 4.65. The molecule has 0 aromatic heterocycles. The van der Waals surface area contributed by atoms with Gasteiger partial charge in [-0.15, -0.1) is 0 Å². The summed E-state index contributed by atoms with van der Waals surface area (Å²) >= 11 is 2.41. The van der Waals surface area contributed by atoms with E-state index in [0.717, 1.165) is 0 Å². The van der Waals surface area contributed by atoms with Crippen molar-refractivity contribution in [2.45, 2.75) is 41.2 Å². The quantitative estimate of drug-likeness (QED) is 0.458. The Balaban J connectivity index is 0.00000133. The summed E-state index contributed by atoms with van der Waals surface area (Å²) in [7, 11) is 0. The molecule has 0 nitrogen and oxygen atoms in total. The number of hydrogen-bond acceptors (Lipinski definition) is 0. The van der Waals surface area contributed by atoms with Crippen molar-refractivity contribution in [3.8, 4) is 0 Å². The molecule has 2 aliphatic rings. The molecule has 0 bridgehead atoms. The van der Waals surface area contributed by atoms with E-state index in [-0.39, 0.29) is 40.9 Å². The van der Waals surface area contributed by atoms with Crippen LogP contribution in [0.4, 0.5) is 0 Å². The van der Waals surface area contributed by atoms with E-state index in [0.29, 0.717) is 5.41 Å². The third kappa shape index (κ3) is 3.79. The zero-order valence-electron chi connectivity index (χ0n) is 11.9. The summed E-state index contributed by atoms with van der Waals surface area (Å²) in [5, 5.41) is 0. The van der Waals surface area contributed by atoms with Crippen molar-refractivity contribution in [1.29, 1.82) is 0 Å². The van der Waals surface area contributed by atoms with Crippen molar-refractivity contribution < 1.29 is 57.7 Å². The Labute approximate surface area is 158 Å². The van der Waals surface area contributed by atoms with Gasteiger partial charge in [0.1, 0.15) is 0 Å². The summed E-state index contributed by atoms with van der Waals surface area (Å²) in [5.41, 5.74) is 1.85. The van der Waals surface area contributed by atoms with E-state index < -0.39 is 0 Å². The average molecular weight is 378 g/mol. The van der Waals surface area contributed by atoms with Crippen LogP contribution in [0.15, 0.2) is 54.6 Å². The molecule has 0 heterocycles. The van der Waals surface area contributed by atoms with Gasteiger partial charge in [-0.3, -0.25) is 0 Å². The van der Waals surface area contributed by atoms with Crippen molar-refractivity contribution in [3.63, 3.8) is 0 Å². The van der Waals surface area contributed by atoms with E-state index in [1.54, 1.807) is 0 Å². The molecule has 1 aromatic rings. The van der Waals surface area contributed by atoms with Crippen LogP contribution in [0.1, 0.15) is 37.7 Å². The number of benzene rings is 1. The van der Waals surface area contributed by atoms with E-state index >= 15 is 0 Å². The fraction of sp³-hybridized carbons (Fsp3) is 0.412. The molecule has 0 amide bonds. The van der Waals surface area contributed by atoms with E-state index in [1.807, 2.05) is 0 Å². The van der Waals surface area contributed by atoms with Gasteiger partial charge in [0, 0.05) is 0 Å². The fourth-order valence-corrected chi connectivity index (χ4v) is 4.56. The standard InChI is InChI=1S/C17H19.3ClH.Ti/c1-3-9-15(10-4-1)17(13-7-2-8-14-17)16-11-5-6-12-16;;;;/h1,3-6,9-12H,2,7-8,13-14H2;3*1H;/q;;;;+3/p-3. The van der Waals surface area contributed by atoms with Gasteiger partial charge >= 0.3 is 122 Å². The molecule has 2 aliphatic carbocycles. The predicted molar refractivity (Wildman–Crippen MR) is 72.2 cm³/mol. The van der Waals surface area contributed by atoms with Gasteiger partial charge < -0.3 is 37.2 Å². The van der Waals surface area contributed by atoms with Gasteiger partial charge in [0.05, 0.1) is 0 Å². The number of hydrogen-bond donors (Lipinski definition) is 0. The van der Waals surface area contributed by atoms with Crippen molar-refractivity contribution in [2.24, 2.45) is 0 Å². The van der Waals surface area contributed by atoms with Crippen molar-refractivity contribution in [1.82, 2.24) is 0 Å². The van der Waals surface area contributed by atoms with Crippen molar-refractivity contribution in [2.75, 3.05) is 0 Å². The summed E-state index contributed by atoms with van der Waals surface area (Å²) in [6.07, 6.45) is 16.0. The van der Waals surface area contributed by atoms with Gasteiger partial charge in [-0.1, -0.05) is 0 Å². The first kappa shape index (κ1) is 21.3. The van der Waals surface area contributed by atoms with Crippen LogP contribution in [0.25, 0.3) is 0 Å². The zero-order valence-corrected chi connectivity index (χ0v) is 15.7. The molecule has 3 rings (SSSR count). The SMILES string of the molecule is [Cl-].[Cl-].[Cl-].[Ti+3][C]1(C2(c3ccccc3)CCCCC2)C=CC=C1. The summed E-state index contributed by atoms with van der Waals surface area (Å²) in [5.74, 6) is 0. The van der Waals surface area contributed by atoms with Gasteiger partial charge in [-0.05, 0) is 0 Å². The van der Waals surface area contributed by atoms with Crippen molar-refractivity contribution in [3.05, 3.63) is 60.2 Å². The summed E-state index contributed by atoms with van der Waals surface area (Å²) in [6, 6.07) is 11.2. The molecule has 0 spiro atoms. The Morgan fingerprint density at radius 1 is 0.762 bits per heavy atom. The monoisotopic (exact) mass is 376 g/mol. The molecule has 0 atom stereocenters. The average Bonchev–Trinajstić information content (AvgIpc) is 2.89. The van der Waals surface area contributed by atoms with E-state index in [1.165, 1.54) is 37.7 Å². The Morgan fingerprint density at radius 3 is 1.81 bits per heavy atom. The van der Waals surface area contributed by atoms with Crippen LogP contribution < -0.4 is 37.2 Å². The van der Waals surface area contributed by atoms with E-state index in [9.17, 15) is 0 Å². The van der Waals surface area contributed by atoms with Crippen LogP contribution >= 0.6 is 0 Å². The molecule has 1 fully saturated rings.